The zero-order chi connectivity index (χ0) is 14.0. The third-order valence-corrected chi connectivity index (χ3v) is 2.96. The summed E-state index contributed by atoms with van der Waals surface area (Å²) in [4.78, 5) is 11.8. The summed E-state index contributed by atoms with van der Waals surface area (Å²) >= 11 is 2.96. The van der Waals surface area contributed by atoms with Crippen molar-refractivity contribution in [1.29, 1.82) is 0 Å². The van der Waals surface area contributed by atoms with Crippen LogP contribution in [0.5, 0.6) is 0 Å². The van der Waals surface area contributed by atoms with Crippen molar-refractivity contribution in [3.63, 3.8) is 0 Å². The van der Waals surface area contributed by atoms with Crippen LogP contribution in [-0.4, -0.2) is 5.91 Å². The monoisotopic (exact) mass is 329 g/mol. The van der Waals surface area contributed by atoms with Crippen LogP contribution in [0.15, 0.2) is 40.9 Å². The molecular weight excluding hydrogens is 323 g/mol. The molecule has 2 nitrogen and oxygen atoms in total. The Morgan fingerprint density at radius 1 is 1.00 bits per heavy atom. The van der Waals surface area contributed by atoms with Crippen molar-refractivity contribution >= 4 is 27.5 Å². The fourth-order valence-corrected chi connectivity index (χ4v) is 1.82. The van der Waals surface area contributed by atoms with Gasteiger partial charge in [0.25, 0.3) is 5.91 Å². The van der Waals surface area contributed by atoms with Crippen LogP contribution in [0.1, 0.15) is 10.4 Å². The van der Waals surface area contributed by atoms with Crippen molar-refractivity contribution in [2.45, 2.75) is 0 Å². The van der Waals surface area contributed by atoms with Crippen molar-refractivity contribution in [3.05, 3.63) is 63.9 Å². The van der Waals surface area contributed by atoms with E-state index in [1.807, 2.05) is 0 Å². The molecule has 0 heterocycles. The lowest BCUT2D eigenvalue weighted by Gasteiger charge is -2.07. The number of rotatable bonds is 2. The number of benzene rings is 2. The Balaban J connectivity index is 2.25. The highest BCUT2D eigenvalue weighted by molar-refractivity contribution is 9.10. The minimum atomic E-state index is -0.833. The van der Waals surface area contributed by atoms with Crippen molar-refractivity contribution in [2.75, 3.05) is 5.32 Å². The molecule has 1 amide bonds. The van der Waals surface area contributed by atoms with Crippen LogP contribution in [0.4, 0.5) is 18.9 Å². The molecule has 19 heavy (non-hydrogen) atoms. The Labute approximate surface area is 115 Å². The summed E-state index contributed by atoms with van der Waals surface area (Å²) in [5.74, 6) is -2.85. The lowest BCUT2D eigenvalue weighted by molar-refractivity contribution is 0.102. The minimum absolute atomic E-state index is 0.157. The van der Waals surface area contributed by atoms with E-state index in [0.717, 1.165) is 24.3 Å². The molecule has 2 aromatic rings. The molecule has 98 valence electrons. The molecule has 0 aliphatic rings. The first-order valence-corrected chi connectivity index (χ1v) is 5.98. The van der Waals surface area contributed by atoms with E-state index in [1.165, 1.54) is 12.1 Å². The van der Waals surface area contributed by atoms with Gasteiger partial charge in [0.05, 0.1) is 10.0 Å². The first-order valence-electron chi connectivity index (χ1n) is 5.19. The average Bonchev–Trinajstić information content (AvgIpc) is 2.36. The van der Waals surface area contributed by atoms with Gasteiger partial charge in [-0.15, -0.1) is 0 Å². The highest BCUT2D eigenvalue weighted by Gasteiger charge is 2.13. The molecule has 0 saturated carbocycles. The van der Waals surface area contributed by atoms with E-state index in [9.17, 15) is 18.0 Å². The molecule has 0 spiro atoms. The van der Waals surface area contributed by atoms with Crippen LogP contribution in [0, 0.1) is 17.5 Å². The molecular formula is C13H7BrF3NO. The molecule has 0 saturated heterocycles. The number of halogens is 4. The number of anilines is 1. The van der Waals surface area contributed by atoms with Crippen LogP contribution >= 0.6 is 15.9 Å². The predicted octanol–water partition coefficient (Wildman–Crippen LogP) is 4.12. The maximum Gasteiger partial charge on any atom is 0.258 e. The van der Waals surface area contributed by atoms with E-state index < -0.39 is 28.9 Å². The molecule has 0 fully saturated rings. The van der Waals surface area contributed by atoms with E-state index >= 15 is 0 Å². The molecule has 0 aromatic heterocycles. The maximum atomic E-state index is 13.4. The van der Waals surface area contributed by atoms with Gasteiger partial charge in [-0.25, -0.2) is 13.2 Å². The predicted molar refractivity (Wildman–Crippen MR) is 68.4 cm³/mol. The summed E-state index contributed by atoms with van der Waals surface area (Å²) in [5.41, 5.74) is -0.151. The zero-order valence-electron chi connectivity index (χ0n) is 9.38. The first kappa shape index (κ1) is 13.6. The number of hydrogen-bond acceptors (Lipinski definition) is 1. The van der Waals surface area contributed by atoms with Gasteiger partial charge in [0, 0.05) is 5.69 Å². The summed E-state index contributed by atoms with van der Waals surface area (Å²) in [6, 6.07) is 6.36. The number of amides is 1. The zero-order valence-corrected chi connectivity index (χ0v) is 11.0. The average molecular weight is 330 g/mol. The van der Waals surface area contributed by atoms with Crippen LogP contribution in [0.2, 0.25) is 0 Å². The Kier molecular flexibility index (Phi) is 3.90. The third-order valence-electron chi connectivity index (χ3n) is 2.35. The smallest absolute Gasteiger partial charge is 0.258 e. The van der Waals surface area contributed by atoms with Crippen molar-refractivity contribution in [1.82, 2.24) is 0 Å². The second-order valence-corrected chi connectivity index (χ2v) is 4.56. The molecule has 2 aromatic carbocycles. The van der Waals surface area contributed by atoms with Crippen LogP contribution in [0.25, 0.3) is 0 Å². The number of hydrogen-bond donors (Lipinski definition) is 1. The van der Waals surface area contributed by atoms with Gasteiger partial charge >= 0.3 is 0 Å². The van der Waals surface area contributed by atoms with Gasteiger partial charge in [-0.2, -0.15) is 0 Å². The van der Waals surface area contributed by atoms with Crippen LogP contribution in [0.3, 0.4) is 0 Å². The topological polar surface area (TPSA) is 29.1 Å². The van der Waals surface area contributed by atoms with Gasteiger partial charge in [-0.05, 0) is 52.3 Å². The SMILES string of the molecule is O=C(Nc1ccc(F)c(Br)c1)c1cc(F)ccc1F. The normalized spacial score (nSPS) is 10.3. The van der Waals surface area contributed by atoms with Crippen LogP contribution < -0.4 is 5.32 Å². The van der Waals surface area contributed by atoms with Crippen LogP contribution in [-0.2, 0) is 0 Å². The summed E-state index contributed by atoms with van der Waals surface area (Å²) in [6.45, 7) is 0. The standard InChI is InChI=1S/C13H7BrF3NO/c14-10-6-8(2-4-12(10)17)18-13(19)9-5-7(15)1-3-11(9)16/h1-6H,(H,18,19). The second-order valence-electron chi connectivity index (χ2n) is 3.71. The van der Waals surface area contributed by atoms with Crippen molar-refractivity contribution in [2.24, 2.45) is 0 Å². The van der Waals surface area contributed by atoms with Gasteiger partial charge in [0.1, 0.15) is 17.5 Å². The summed E-state index contributed by atoms with van der Waals surface area (Å²) < 4.78 is 39.5. The van der Waals surface area contributed by atoms with E-state index in [2.05, 4.69) is 21.2 Å². The van der Waals surface area contributed by atoms with E-state index in [-0.39, 0.29) is 10.2 Å². The Hall–Kier alpha value is -1.82. The number of carbonyl (C=O) groups excluding carboxylic acids is 1. The summed E-state index contributed by atoms with van der Waals surface area (Å²) in [5, 5.41) is 2.35. The molecule has 0 aliphatic carbocycles. The largest absolute Gasteiger partial charge is 0.322 e. The first-order chi connectivity index (χ1) is 8.97. The Bertz CT molecular complexity index is 646. The van der Waals surface area contributed by atoms with Crippen molar-refractivity contribution < 1.29 is 18.0 Å². The maximum absolute atomic E-state index is 13.4. The van der Waals surface area contributed by atoms with Gasteiger partial charge in [0.2, 0.25) is 0 Å². The fourth-order valence-electron chi connectivity index (χ4n) is 1.44. The molecule has 0 radical (unpaired) electrons. The summed E-state index contributed by atoms with van der Waals surface area (Å²) in [7, 11) is 0. The van der Waals surface area contributed by atoms with E-state index in [4.69, 9.17) is 0 Å². The molecule has 6 heteroatoms. The molecule has 2 rings (SSSR count). The lowest BCUT2D eigenvalue weighted by Crippen LogP contribution is -2.14. The molecule has 0 unspecified atom stereocenters. The lowest BCUT2D eigenvalue weighted by atomic mass is 10.2. The van der Waals surface area contributed by atoms with Gasteiger partial charge < -0.3 is 5.32 Å². The van der Waals surface area contributed by atoms with E-state index in [0.29, 0.717) is 0 Å². The molecule has 0 aliphatic heterocycles. The second kappa shape index (κ2) is 5.44. The van der Waals surface area contributed by atoms with Gasteiger partial charge in [-0.3, -0.25) is 4.79 Å². The molecule has 1 N–H and O–H groups in total. The molecule has 0 atom stereocenters. The van der Waals surface area contributed by atoms with Crippen molar-refractivity contribution in [3.8, 4) is 0 Å². The third kappa shape index (κ3) is 3.14. The number of nitrogens with one attached hydrogen (secondary N) is 1. The summed E-state index contributed by atoms with van der Waals surface area (Å²) in [6.07, 6.45) is 0. The highest BCUT2D eigenvalue weighted by atomic mass is 79.9. The quantitative estimate of drug-likeness (QED) is 0.882. The minimum Gasteiger partial charge on any atom is -0.322 e. The van der Waals surface area contributed by atoms with E-state index in [1.54, 1.807) is 0 Å². The van der Waals surface area contributed by atoms with Gasteiger partial charge in [-0.1, -0.05) is 0 Å². The Morgan fingerprint density at radius 3 is 2.37 bits per heavy atom. The number of carbonyl (C=O) groups is 1. The van der Waals surface area contributed by atoms with Gasteiger partial charge in [0.15, 0.2) is 0 Å². The highest BCUT2D eigenvalue weighted by Crippen LogP contribution is 2.21. The molecule has 0 bridgehead atoms. The Morgan fingerprint density at radius 2 is 1.68 bits per heavy atom. The fraction of sp³-hybridized carbons (Fsp3) is 0.